The van der Waals surface area contributed by atoms with Crippen LogP contribution in [-0.2, 0) is 55.6 Å². The van der Waals surface area contributed by atoms with Crippen molar-refractivity contribution >= 4 is 23.2 Å². The Balaban J connectivity index is 0.875. The van der Waals surface area contributed by atoms with Gasteiger partial charge in [-0.25, -0.2) is 4.68 Å². The summed E-state index contributed by atoms with van der Waals surface area (Å²) in [7, 11) is 0. The SMILES string of the molecule is CC1OC(OC2C(CO)OC(OC3C(CO)OC(OCCCc4cn(C[C@H]5O[C@@](CCl)(O[C@H]6O[C@H](CO)[C@H](Cl)[C@H](O)[C@H]6O)[C@@H](O)[C@@H]5O)nn4)C(O)C3O)C(O)C2O)C(O)C(O)C1N[C@H]1C=C(CO)[C@@H](O)[C@H](O)[C@H]1O. The minimum atomic E-state index is -2.14. The highest BCUT2D eigenvalue weighted by molar-refractivity contribution is 6.21. The minimum absolute atomic E-state index is 0.00303. The highest BCUT2D eigenvalue weighted by Gasteiger charge is 2.59. The summed E-state index contributed by atoms with van der Waals surface area (Å²) in [4.78, 5) is 0. The Morgan fingerprint density at radius 1 is 0.662 bits per heavy atom. The monoisotopic (exact) mass is 1110 g/mol. The van der Waals surface area contributed by atoms with E-state index in [0.29, 0.717) is 5.69 Å². The summed E-state index contributed by atoms with van der Waals surface area (Å²) in [5, 5.41) is 190. The van der Waals surface area contributed by atoms with E-state index in [0.717, 1.165) is 0 Å². The van der Waals surface area contributed by atoms with Crippen LogP contribution in [0.25, 0.3) is 0 Å². The van der Waals surface area contributed by atoms with E-state index < -0.39 is 203 Å². The van der Waals surface area contributed by atoms with Crippen LogP contribution in [0.2, 0.25) is 0 Å². The van der Waals surface area contributed by atoms with Crippen molar-refractivity contribution in [1.82, 2.24) is 20.3 Å². The van der Waals surface area contributed by atoms with Crippen LogP contribution in [0.1, 0.15) is 19.0 Å². The number of halogens is 2. The first-order valence-corrected chi connectivity index (χ1v) is 24.8. The van der Waals surface area contributed by atoms with Gasteiger partial charge in [0.15, 0.2) is 25.2 Å². The smallest absolute Gasteiger partial charge is 0.214 e. The molecule has 1 aliphatic carbocycles. The molecule has 15 unspecified atom stereocenters. The molecule has 7 rings (SSSR count). The number of nitrogens with one attached hydrogen (secondary N) is 1. The lowest BCUT2D eigenvalue weighted by molar-refractivity contribution is -0.376. The maximum absolute atomic E-state index is 11.2. The summed E-state index contributed by atoms with van der Waals surface area (Å²) in [6.45, 7) is -1.82. The van der Waals surface area contributed by atoms with Crippen molar-refractivity contribution in [3.63, 3.8) is 0 Å². The predicted molar refractivity (Wildman–Crippen MR) is 239 cm³/mol. The van der Waals surface area contributed by atoms with Crippen LogP contribution in [0.5, 0.6) is 0 Å². The number of hydrogen-bond donors (Lipinski definition) is 18. The highest BCUT2D eigenvalue weighted by Crippen LogP contribution is 2.39. The Hall–Kier alpha value is -1.62. The average Bonchev–Trinajstić information content (AvgIpc) is 3.94. The molecule has 32 heteroatoms. The molecular weight excluding hydrogens is 1050 g/mol. The number of hydrogen-bond acceptors (Lipinski definition) is 29. The molecule has 5 fully saturated rings. The van der Waals surface area contributed by atoms with E-state index in [1.54, 1.807) is 0 Å². The number of rotatable bonds is 20. The van der Waals surface area contributed by atoms with Crippen LogP contribution in [0, 0.1) is 0 Å². The fourth-order valence-corrected chi connectivity index (χ4v) is 10.3. The van der Waals surface area contributed by atoms with Gasteiger partial charge < -0.3 is 135 Å². The van der Waals surface area contributed by atoms with Crippen molar-refractivity contribution in [3.8, 4) is 0 Å². The predicted octanol–water partition coefficient (Wildman–Crippen LogP) is -10.2. The lowest BCUT2D eigenvalue weighted by atomic mass is 9.86. The van der Waals surface area contributed by atoms with Crippen molar-refractivity contribution in [2.75, 3.05) is 38.9 Å². The molecule has 1 aromatic heterocycles. The Bertz CT molecular complexity index is 1950. The summed E-state index contributed by atoms with van der Waals surface area (Å²) < 4.78 is 52.7. The molecule has 30 nitrogen and oxygen atoms in total. The number of nitrogens with zero attached hydrogens (tertiary/aromatic N) is 3. The summed E-state index contributed by atoms with van der Waals surface area (Å²) in [6.07, 6.45) is -35.9. The number of aromatic nitrogens is 3. The minimum Gasteiger partial charge on any atom is -0.394 e. The number of ether oxygens (including phenoxy) is 9. The second kappa shape index (κ2) is 25.7. The Morgan fingerprint density at radius 2 is 1.23 bits per heavy atom. The molecule has 0 aromatic carbocycles. The fraction of sp³-hybridized carbons (Fsp3) is 0.905. The first-order chi connectivity index (χ1) is 35.1. The van der Waals surface area contributed by atoms with Crippen molar-refractivity contribution in [2.45, 2.75) is 197 Å². The van der Waals surface area contributed by atoms with Crippen LogP contribution in [-0.4, -0.2) is 311 Å². The molecule has 18 N–H and O–H groups in total. The fourth-order valence-electron chi connectivity index (χ4n) is 9.70. The van der Waals surface area contributed by atoms with Gasteiger partial charge in [0, 0.05) is 6.20 Å². The topological polar surface area (TPSA) is 470 Å². The van der Waals surface area contributed by atoms with Crippen LogP contribution in [0.3, 0.4) is 0 Å². The molecule has 0 amide bonds. The third kappa shape index (κ3) is 12.4. The van der Waals surface area contributed by atoms with Crippen LogP contribution in [0.4, 0.5) is 0 Å². The van der Waals surface area contributed by atoms with Gasteiger partial charge in [-0.05, 0) is 25.3 Å². The van der Waals surface area contributed by atoms with Gasteiger partial charge in [0.05, 0.1) is 74.7 Å². The van der Waals surface area contributed by atoms with Gasteiger partial charge >= 0.3 is 0 Å². The average molecular weight is 1120 g/mol. The van der Waals surface area contributed by atoms with Crippen LogP contribution < -0.4 is 5.32 Å². The standard InChI is InChI=1S/C42H68Cl2N4O26/c1-13-22(45-16-5-14(8-49)23(53)28(58)24(16)54)27(57)32(62)39(67-13)71-36-20(11-52)70-40(34(64)30(36)60)72-35-19(10-51)69-38(33(63)29(35)59)66-4-2-3-15-6-48(47-46-15)7-17-25(55)37(65)42(12-43,73-17)74-41-31(61)26(56)21(44)18(9-50)68-41/h5-6,13,16-41,45,49-65H,2-4,7-12H2,1H3/t13?,16-,17+,18+,19?,20?,21-,22?,23+,24-,25+,26-,27?,28-,29?,30?,31+,32?,33?,34?,35?,36?,37-,38?,39?,40?,41+,42-/m0/s1. The lowest BCUT2D eigenvalue weighted by Crippen LogP contribution is -2.68. The molecule has 426 valence electrons. The molecule has 6 heterocycles. The number of aliphatic hydroxyl groups is 17. The van der Waals surface area contributed by atoms with Gasteiger partial charge in [-0.1, -0.05) is 11.3 Å². The highest BCUT2D eigenvalue weighted by atomic mass is 35.5. The van der Waals surface area contributed by atoms with Gasteiger partial charge in [-0.3, -0.25) is 0 Å². The van der Waals surface area contributed by atoms with E-state index in [1.807, 2.05) is 0 Å². The largest absolute Gasteiger partial charge is 0.394 e. The molecule has 74 heavy (non-hydrogen) atoms. The molecule has 5 saturated heterocycles. The van der Waals surface area contributed by atoms with Crippen molar-refractivity contribution in [3.05, 3.63) is 23.5 Å². The number of alkyl halides is 2. The van der Waals surface area contributed by atoms with E-state index in [1.165, 1.54) is 23.9 Å². The quantitative estimate of drug-likeness (QED) is 0.0327. The van der Waals surface area contributed by atoms with E-state index in [2.05, 4.69) is 15.6 Å². The molecule has 6 aliphatic rings. The molecular formula is C42H68Cl2N4O26. The Morgan fingerprint density at radius 3 is 1.84 bits per heavy atom. The van der Waals surface area contributed by atoms with E-state index in [9.17, 15) is 86.8 Å². The van der Waals surface area contributed by atoms with Gasteiger partial charge in [0.1, 0.15) is 116 Å². The Labute approximate surface area is 431 Å². The summed E-state index contributed by atoms with van der Waals surface area (Å²) in [5.41, 5.74) is 0.416. The van der Waals surface area contributed by atoms with Gasteiger partial charge in [0.25, 0.3) is 0 Å². The Kier molecular flexibility index (Phi) is 20.8. The van der Waals surface area contributed by atoms with E-state index in [-0.39, 0.29) is 31.6 Å². The third-order valence-electron chi connectivity index (χ3n) is 14.1. The second-order valence-corrected chi connectivity index (χ2v) is 19.8. The molecule has 5 aliphatic heterocycles. The van der Waals surface area contributed by atoms with Crippen molar-refractivity contribution < 1.29 is 129 Å². The van der Waals surface area contributed by atoms with Crippen LogP contribution >= 0.6 is 23.2 Å². The summed E-state index contributed by atoms with van der Waals surface area (Å²) >= 11 is 12.2. The van der Waals surface area contributed by atoms with E-state index in [4.69, 9.17) is 65.8 Å². The van der Waals surface area contributed by atoms with E-state index >= 15 is 0 Å². The molecule has 1 aromatic rings. The maximum Gasteiger partial charge on any atom is 0.214 e. The molecule has 0 radical (unpaired) electrons. The first-order valence-electron chi connectivity index (χ1n) is 23.9. The number of aryl methyl sites for hydroxylation is 1. The van der Waals surface area contributed by atoms with Gasteiger partial charge in [-0.15, -0.1) is 28.3 Å². The number of aliphatic hydroxyl groups excluding tert-OH is 17. The van der Waals surface area contributed by atoms with Gasteiger partial charge in [-0.2, -0.15) is 0 Å². The first kappa shape index (κ1) is 60.0. The summed E-state index contributed by atoms with van der Waals surface area (Å²) in [6, 6.07) is -2.26. The van der Waals surface area contributed by atoms with Crippen molar-refractivity contribution in [2.24, 2.45) is 0 Å². The maximum atomic E-state index is 11.2. The molecule has 28 atom stereocenters. The second-order valence-electron chi connectivity index (χ2n) is 19.1. The normalized spacial score (nSPS) is 48.2. The summed E-state index contributed by atoms with van der Waals surface area (Å²) in [5.74, 6) is -2.71. The lowest BCUT2D eigenvalue weighted by Gasteiger charge is -2.49. The zero-order valence-corrected chi connectivity index (χ0v) is 41.0. The molecule has 0 spiro atoms. The zero-order valence-electron chi connectivity index (χ0n) is 39.5. The van der Waals surface area contributed by atoms with Gasteiger partial charge in [0.2, 0.25) is 5.79 Å². The van der Waals surface area contributed by atoms with Crippen LogP contribution in [0.15, 0.2) is 17.8 Å². The third-order valence-corrected chi connectivity index (χ3v) is 15.0. The molecule has 0 bridgehead atoms. The van der Waals surface area contributed by atoms with Crippen molar-refractivity contribution in [1.29, 1.82) is 0 Å². The molecule has 0 saturated carbocycles. The zero-order chi connectivity index (χ0) is 54.1.